The molecule has 114 valence electrons. The molecule has 0 saturated carbocycles. The van der Waals surface area contributed by atoms with Crippen LogP contribution in [0.3, 0.4) is 0 Å². The Bertz CT molecular complexity index is 526. The predicted molar refractivity (Wildman–Crippen MR) is 80.0 cm³/mol. The van der Waals surface area contributed by atoms with Gasteiger partial charge in [0.1, 0.15) is 6.61 Å². The summed E-state index contributed by atoms with van der Waals surface area (Å²) in [4.78, 5) is 0. The molecule has 0 spiro atoms. The van der Waals surface area contributed by atoms with Gasteiger partial charge in [0.05, 0.1) is 18.6 Å². The smallest absolute Gasteiger partial charge is 0.161 e. The summed E-state index contributed by atoms with van der Waals surface area (Å²) in [7, 11) is -1.49. The molecular formula is C14H23NO4S. The topological polar surface area (TPSA) is 78.6 Å². The highest BCUT2D eigenvalue weighted by Gasteiger charge is 2.12. The van der Waals surface area contributed by atoms with Crippen LogP contribution >= 0.6 is 0 Å². The molecule has 1 unspecified atom stereocenters. The first-order chi connectivity index (χ1) is 9.39. The van der Waals surface area contributed by atoms with Crippen molar-refractivity contribution >= 4 is 9.84 Å². The van der Waals surface area contributed by atoms with Crippen molar-refractivity contribution in [2.24, 2.45) is 5.73 Å². The summed E-state index contributed by atoms with van der Waals surface area (Å²) in [5.41, 5.74) is 6.74. The number of hydrogen-bond acceptors (Lipinski definition) is 5. The predicted octanol–water partition coefficient (Wildman–Crippen LogP) is 1.92. The number of hydrogen-bond donors (Lipinski definition) is 1. The zero-order chi connectivity index (χ0) is 15.2. The average molecular weight is 301 g/mol. The SMILES string of the molecule is CCCS(=O)(=O)CCOc1ccc(C(C)N)cc1OC. The Morgan fingerprint density at radius 2 is 1.95 bits per heavy atom. The Morgan fingerprint density at radius 3 is 2.50 bits per heavy atom. The van der Waals surface area contributed by atoms with E-state index in [0.29, 0.717) is 17.9 Å². The Hall–Kier alpha value is -1.27. The van der Waals surface area contributed by atoms with Crippen LogP contribution < -0.4 is 15.2 Å². The molecule has 0 aliphatic heterocycles. The van der Waals surface area contributed by atoms with Crippen LogP contribution in [0.5, 0.6) is 11.5 Å². The van der Waals surface area contributed by atoms with Gasteiger partial charge >= 0.3 is 0 Å². The molecule has 0 bridgehead atoms. The summed E-state index contributed by atoms with van der Waals surface area (Å²) in [6.07, 6.45) is 0.620. The molecule has 6 heteroatoms. The highest BCUT2D eigenvalue weighted by Crippen LogP contribution is 2.29. The highest BCUT2D eigenvalue weighted by molar-refractivity contribution is 7.91. The van der Waals surface area contributed by atoms with Crippen molar-refractivity contribution < 1.29 is 17.9 Å². The van der Waals surface area contributed by atoms with Crippen LogP contribution in [0, 0.1) is 0 Å². The van der Waals surface area contributed by atoms with Crippen LogP contribution in [0.15, 0.2) is 18.2 Å². The van der Waals surface area contributed by atoms with Gasteiger partial charge in [-0.15, -0.1) is 0 Å². The lowest BCUT2D eigenvalue weighted by Gasteiger charge is -2.13. The van der Waals surface area contributed by atoms with Crippen molar-refractivity contribution in [3.8, 4) is 11.5 Å². The van der Waals surface area contributed by atoms with E-state index in [2.05, 4.69) is 0 Å². The van der Waals surface area contributed by atoms with Crippen LogP contribution in [0.4, 0.5) is 0 Å². The molecule has 0 fully saturated rings. The summed E-state index contributed by atoms with van der Waals surface area (Å²) >= 11 is 0. The van der Waals surface area contributed by atoms with Gasteiger partial charge in [-0.3, -0.25) is 0 Å². The molecule has 1 atom stereocenters. The van der Waals surface area contributed by atoms with E-state index in [4.69, 9.17) is 15.2 Å². The molecule has 1 rings (SSSR count). The monoisotopic (exact) mass is 301 g/mol. The van der Waals surface area contributed by atoms with E-state index in [9.17, 15) is 8.42 Å². The number of ether oxygens (including phenoxy) is 2. The van der Waals surface area contributed by atoms with Crippen molar-refractivity contribution in [1.82, 2.24) is 0 Å². The molecule has 1 aromatic rings. The van der Waals surface area contributed by atoms with Crippen molar-refractivity contribution in [2.75, 3.05) is 25.2 Å². The van der Waals surface area contributed by atoms with Crippen molar-refractivity contribution in [3.05, 3.63) is 23.8 Å². The summed E-state index contributed by atoms with van der Waals surface area (Å²) in [5, 5.41) is 0. The van der Waals surface area contributed by atoms with E-state index in [1.165, 1.54) is 0 Å². The summed E-state index contributed by atoms with van der Waals surface area (Å²) < 4.78 is 33.9. The van der Waals surface area contributed by atoms with Crippen LogP contribution in [0.1, 0.15) is 31.9 Å². The van der Waals surface area contributed by atoms with Gasteiger partial charge in [0, 0.05) is 6.04 Å². The molecule has 20 heavy (non-hydrogen) atoms. The zero-order valence-corrected chi connectivity index (χ0v) is 13.1. The first-order valence-electron chi connectivity index (χ1n) is 6.66. The van der Waals surface area contributed by atoms with Gasteiger partial charge in [0.2, 0.25) is 0 Å². The molecule has 0 aliphatic rings. The number of nitrogens with two attached hydrogens (primary N) is 1. The highest BCUT2D eigenvalue weighted by atomic mass is 32.2. The number of methoxy groups -OCH3 is 1. The maximum absolute atomic E-state index is 11.6. The normalized spacial score (nSPS) is 13.0. The van der Waals surface area contributed by atoms with Crippen molar-refractivity contribution in [2.45, 2.75) is 26.3 Å². The van der Waals surface area contributed by atoms with Gasteiger partial charge in [-0.05, 0) is 31.0 Å². The lowest BCUT2D eigenvalue weighted by molar-refractivity contribution is 0.311. The maximum atomic E-state index is 11.6. The first kappa shape index (κ1) is 16.8. The third-order valence-electron chi connectivity index (χ3n) is 2.88. The Morgan fingerprint density at radius 1 is 1.25 bits per heavy atom. The van der Waals surface area contributed by atoms with Crippen LogP contribution in [0.2, 0.25) is 0 Å². The molecule has 0 aromatic heterocycles. The summed E-state index contributed by atoms with van der Waals surface area (Å²) in [6.45, 7) is 3.84. The molecule has 0 radical (unpaired) electrons. The molecule has 0 aliphatic carbocycles. The van der Waals surface area contributed by atoms with Crippen LogP contribution in [-0.4, -0.2) is 33.6 Å². The van der Waals surface area contributed by atoms with Crippen LogP contribution in [-0.2, 0) is 9.84 Å². The van der Waals surface area contributed by atoms with Gasteiger partial charge in [0.15, 0.2) is 21.3 Å². The largest absolute Gasteiger partial charge is 0.493 e. The van der Waals surface area contributed by atoms with Gasteiger partial charge < -0.3 is 15.2 Å². The van der Waals surface area contributed by atoms with E-state index in [0.717, 1.165) is 5.56 Å². The molecule has 5 nitrogen and oxygen atoms in total. The number of rotatable bonds is 8. The molecule has 1 aromatic carbocycles. The summed E-state index contributed by atoms with van der Waals surface area (Å²) in [5.74, 6) is 1.30. The van der Waals surface area contributed by atoms with Gasteiger partial charge in [-0.25, -0.2) is 8.42 Å². The molecule has 0 heterocycles. The maximum Gasteiger partial charge on any atom is 0.161 e. The molecule has 2 N–H and O–H groups in total. The van der Waals surface area contributed by atoms with Gasteiger partial charge in [-0.2, -0.15) is 0 Å². The fourth-order valence-corrected chi connectivity index (χ4v) is 2.94. The molecule has 0 saturated heterocycles. The van der Waals surface area contributed by atoms with Gasteiger partial charge in [0.25, 0.3) is 0 Å². The third-order valence-corrected chi connectivity index (χ3v) is 4.70. The number of sulfone groups is 1. The second-order valence-corrected chi connectivity index (χ2v) is 7.00. The van der Waals surface area contributed by atoms with E-state index >= 15 is 0 Å². The minimum atomic E-state index is -3.03. The Labute approximate surface area is 121 Å². The Kier molecular flexibility index (Phi) is 6.29. The van der Waals surface area contributed by atoms with Gasteiger partial charge in [-0.1, -0.05) is 13.0 Å². The van der Waals surface area contributed by atoms with Crippen molar-refractivity contribution in [1.29, 1.82) is 0 Å². The minimum Gasteiger partial charge on any atom is -0.493 e. The number of benzene rings is 1. The van der Waals surface area contributed by atoms with E-state index in [-0.39, 0.29) is 24.2 Å². The zero-order valence-electron chi connectivity index (χ0n) is 12.3. The average Bonchev–Trinajstić information content (AvgIpc) is 2.38. The standard InChI is InChI=1S/C14H23NO4S/c1-4-8-20(16,17)9-7-19-13-6-5-12(11(2)15)10-14(13)18-3/h5-6,10-11H,4,7-9,15H2,1-3H3. The third kappa shape index (κ3) is 5.02. The first-order valence-corrected chi connectivity index (χ1v) is 8.48. The summed E-state index contributed by atoms with van der Waals surface area (Å²) in [6, 6.07) is 5.32. The molecule has 0 amide bonds. The second kappa shape index (κ2) is 7.50. The van der Waals surface area contributed by atoms with Crippen LogP contribution in [0.25, 0.3) is 0 Å². The minimum absolute atomic E-state index is 0.0129. The molecular weight excluding hydrogens is 278 g/mol. The lowest BCUT2D eigenvalue weighted by atomic mass is 10.1. The quantitative estimate of drug-likeness (QED) is 0.793. The lowest BCUT2D eigenvalue weighted by Crippen LogP contribution is -2.17. The van der Waals surface area contributed by atoms with Crippen molar-refractivity contribution in [3.63, 3.8) is 0 Å². The van der Waals surface area contributed by atoms with E-state index in [1.54, 1.807) is 19.2 Å². The van der Waals surface area contributed by atoms with E-state index in [1.807, 2.05) is 19.9 Å². The fourth-order valence-electron chi connectivity index (χ4n) is 1.78. The second-order valence-electron chi connectivity index (χ2n) is 4.70. The fraction of sp³-hybridized carbons (Fsp3) is 0.571. The van der Waals surface area contributed by atoms with E-state index < -0.39 is 9.84 Å². The Balaban J connectivity index is 2.69.